The number of benzene rings is 3. The second-order valence-corrected chi connectivity index (χ2v) is 7.77. The molecule has 158 valence electrons. The monoisotopic (exact) mass is 434 g/mol. The Kier molecular flexibility index (Phi) is 6.30. The van der Waals surface area contributed by atoms with Crippen molar-refractivity contribution in [1.29, 1.82) is 0 Å². The van der Waals surface area contributed by atoms with Crippen molar-refractivity contribution >= 4 is 28.3 Å². The molecule has 0 saturated heterocycles. The summed E-state index contributed by atoms with van der Waals surface area (Å²) in [7, 11) is 0. The van der Waals surface area contributed by atoms with Gasteiger partial charge in [-0.2, -0.15) is 0 Å². The molecule has 0 amide bonds. The standard InChI is InChI=1S/C24H23ClN4O2/c1-2-17-6-3-4-7-18(17)19-11-10-16(14-20(19)25)15-26-13-12-23-27-21-8-5-9-22(29(30)31)24(21)28-23/h3-11,14,26H,2,12-13,15H2,1H3,(H,27,28). The van der Waals surface area contributed by atoms with Gasteiger partial charge in [0.15, 0.2) is 5.52 Å². The van der Waals surface area contributed by atoms with Gasteiger partial charge in [0.25, 0.3) is 5.69 Å². The Labute approximate surface area is 185 Å². The maximum absolute atomic E-state index is 11.1. The van der Waals surface area contributed by atoms with Gasteiger partial charge in [-0.25, -0.2) is 4.98 Å². The number of imidazole rings is 1. The molecule has 0 spiro atoms. The van der Waals surface area contributed by atoms with Gasteiger partial charge in [0.1, 0.15) is 5.82 Å². The Hall–Kier alpha value is -3.22. The number of nitrogens with one attached hydrogen (secondary N) is 2. The molecule has 0 bridgehead atoms. The number of rotatable bonds is 8. The molecule has 0 aliphatic heterocycles. The van der Waals surface area contributed by atoms with Crippen LogP contribution in [0.1, 0.15) is 23.9 Å². The van der Waals surface area contributed by atoms with E-state index in [9.17, 15) is 10.1 Å². The lowest BCUT2D eigenvalue weighted by molar-refractivity contribution is -0.383. The zero-order chi connectivity index (χ0) is 21.8. The number of halogens is 1. The van der Waals surface area contributed by atoms with Crippen LogP contribution in [0.2, 0.25) is 5.02 Å². The number of aromatic amines is 1. The van der Waals surface area contributed by atoms with Crippen LogP contribution in [0.3, 0.4) is 0 Å². The number of aromatic nitrogens is 2. The van der Waals surface area contributed by atoms with Gasteiger partial charge in [-0.3, -0.25) is 10.1 Å². The topological polar surface area (TPSA) is 83.8 Å². The highest BCUT2D eigenvalue weighted by atomic mass is 35.5. The molecule has 0 aliphatic carbocycles. The van der Waals surface area contributed by atoms with Crippen LogP contribution in [0.25, 0.3) is 22.2 Å². The Morgan fingerprint density at radius 3 is 2.71 bits per heavy atom. The van der Waals surface area contributed by atoms with E-state index in [2.05, 4.69) is 52.5 Å². The highest BCUT2D eigenvalue weighted by Crippen LogP contribution is 2.31. The zero-order valence-electron chi connectivity index (χ0n) is 17.2. The van der Waals surface area contributed by atoms with Crippen LogP contribution < -0.4 is 5.32 Å². The largest absolute Gasteiger partial charge is 0.342 e. The molecule has 2 N–H and O–H groups in total. The maximum atomic E-state index is 11.1. The Morgan fingerprint density at radius 1 is 1.10 bits per heavy atom. The summed E-state index contributed by atoms with van der Waals surface area (Å²) in [6.07, 6.45) is 1.60. The fourth-order valence-corrected chi connectivity index (χ4v) is 4.06. The molecule has 31 heavy (non-hydrogen) atoms. The smallest absolute Gasteiger partial charge is 0.297 e. The molecule has 0 unspecified atom stereocenters. The molecule has 0 saturated carbocycles. The summed E-state index contributed by atoms with van der Waals surface area (Å²) >= 11 is 6.59. The molecule has 7 heteroatoms. The summed E-state index contributed by atoms with van der Waals surface area (Å²) in [5, 5.41) is 15.3. The minimum absolute atomic E-state index is 0.0207. The number of hydrogen-bond donors (Lipinski definition) is 2. The van der Waals surface area contributed by atoms with E-state index in [0.29, 0.717) is 30.5 Å². The summed E-state index contributed by atoms with van der Waals surface area (Å²) < 4.78 is 0. The van der Waals surface area contributed by atoms with Crippen molar-refractivity contribution in [3.63, 3.8) is 0 Å². The van der Waals surface area contributed by atoms with Crippen LogP contribution in [0.4, 0.5) is 5.69 Å². The summed E-state index contributed by atoms with van der Waals surface area (Å²) in [4.78, 5) is 18.3. The summed E-state index contributed by atoms with van der Waals surface area (Å²) in [5.41, 5.74) is 5.70. The molecule has 6 nitrogen and oxygen atoms in total. The molecule has 1 heterocycles. The second kappa shape index (κ2) is 9.29. The second-order valence-electron chi connectivity index (χ2n) is 7.37. The molecule has 1 aromatic heterocycles. The number of para-hydroxylation sites is 1. The molecular formula is C24H23ClN4O2. The number of nitro benzene ring substituents is 1. The van der Waals surface area contributed by atoms with Crippen molar-refractivity contribution in [2.24, 2.45) is 0 Å². The number of fused-ring (bicyclic) bond motifs is 1. The van der Waals surface area contributed by atoms with Gasteiger partial charge in [-0.15, -0.1) is 0 Å². The highest BCUT2D eigenvalue weighted by molar-refractivity contribution is 6.33. The van der Waals surface area contributed by atoms with Gasteiger partial charge >= 0.3 is 0 Å². The first-order valence-corrected chi connectivity index (χ1v) is 10.6. The van der Waals surface area contributed by atoms with Crippen molar-refractivity contribution in [1.82, 2.24) is 15.3 Å². The zero-order valence-corrected chi connectivity index (χ0v) is 17.9. The number of nitrogens with zero attached hydrogens (tertiary/aromatic N) is 2. The molecule has 4 rings (SSSR count). The molecule has 0 aliphatic rings. The third-order valence-electron chi connectivity index (χ3n) is 5.33. The SMILES string of the molecule is CCc1ccccc1-c1ccc(CNCCc2nc3c([N+](=O)[O-])cccc3[nH]2)cc1Cl. The van der Waals surface area contributed by atoms with Gasteiger partial charge in [-0.05, 0) is 35.2 Å². The van der Waals surface area contributed by atoms with Crippen LogP contribution in [-0.2, 0) is 19.4 Å². The van der Waals surface area contributed by atoms with Crippen molar-refractivity contribution in [3.8, 4) is 11.1 Å². The first-order chi connectivity index (χ1) is 15.1. The van der Waals surface area contributed by atoms with Crippen LogP contribution in [0.15, 0.2) is 60.7 Å². The van der Waals surface area contributed by atoms with Crippen molar-refractivity contribution in [2.75, 3.05) is 6.54 Å². The van der Waals surface area contributed by atoms with Gasteiger partial charge in [0.05, 0.1) is 10.4 Å². The van der Waals surface area contributed by atoms with Gasteiger partial charge in [-0.1, -0.05) is 61.0 Å². The van der Waals surface area contributed by atoms with E-state index in [0.717, 1.165) is 28.4 Å². The fraction of sp³-hybridized carbons (Fsp3) is 0.208. The molecule has 0 fully saturated rings. The van der Waals surface area contributed by atoms with E-state index in [1.54, 1.807) is 12.1 Å². The molecule has 0 radical (unpaired) electrons. The third kappa shape index (κ3) is 4.60. The quantitative estimate of drug-likeness (QED) is 0.212. The minimum Gasteiger partial charge on any atom is -0.342 e. The first-order valence-electron chi connectivity index (χ1n) is 10.3. The third-order valence-corrected chi connectivity index (χ3v) is 5.64. The lowest BCUT2D eigenvalue weighted by Gasteiger charge is -2.11. The number of non-ortho nitro benzene ring substituents is 1. The number of aryl methyl sites for hydroxylation is 1. The van der Waals surface area contributed by atoms with E-state index in [1.165, 1.54) is 17.2 Å². The number of hydrogen-bond acceptors (Lipinski definition) is 4. The highest BCUT2D eigenvalue weighted by Gasteiger charge is 2.15. The van der Waals surface area contributed by atoms with Crippen molar-refractivity contribution in [2.45, 2.75) is 26.3 Å². The normalized spacial score (nSPS) is 11.2. The van der Waals surface area contributed by atoms with Crippen LogP contribution in [-0.4, -0.2) is 21.4 Å². The Morgan fingerprint density at radius 2 is 1.94 bits per heavy atom. The summed E-state index contributed by atoms with van der Waals surface area (Å²) in [6, 6.07) is 19.4. The fourth-order valence-electron chi connectivity index (χ4n) is 3.75. The molecule has 0 atom stereocenters. The van der Waals surface area contributed by atoms with E-state index >= 15 is 0 Å². The summed E-state index contributed by atoms with van der Waals surface area (Å²) in [6.45, 7) is 3.51. The van der Waals surface area contributed by atoms with E-state index < -0.39 is 4.92 Å². The van der Waals surface area contributed by atoms with Crippen molar-refractivity contribution < 1.29 is 4.92 Å². The number of H-pyrrole nitrogens is 1. The maximum Gasteiger partial charge on any atom is 0.297 e. The first kappa shape index (κ1) is 21.0. The average molecular weight is 435 g/mol. The molecule has 3 aromatic carbocycles. The minimum atomic E-state index is -0.405. The lowest BCUT2D eigenvalue weighted by atomic mass is 9.97. The average Bonchev–Trinajstić information content (AvgIpc) is 3.19. The summed E-state index contributed by atoms with van der Waals surface area (Å²) in [5.74, 6) is 0.723. The van der Waals surface area contributed by atoms with Crippen LogP contribution in [0.5, 0.6) is 0 Å². The lowest BCUT2D eigenvalue weighted by Crippen LogP contribution is -2.17. The Balaban J connectivity index is 1.38. The van der Waals surface area contributed by atoms with Crippen LogP contribution >= 0.6 is 11.6 Å². The van der Waals surface area contributed by atoms with E-state index in [-0.39, 0.29) is 5.69 Å². The number of nitro groups is 1. The van der Waals surface area contributed by atoms with E-state index in [4.69, 9.17) is 11.6 Å². The predicted octanol–water partition coefficient (Wildman–Crippen LogP) is 5.69. The van der Waals surface area contributed by atoms with Crippen molar-refractivity contribution in [3.05, 3.63) is 92.8 Å². The van der Waals surface area contributed by atoms with E-state index in [1.807, 2.05) is 12.1 Å². The van der Waals surface area contributed by atoms with Gasteiger partial charge in [0, 0.05) is 36.2 Å². The predicted molar refractivity (Wildman–Crippen MR) is 124 cm³/mol. The Bertz CT molecular complexity index is 1240. The molecule has 4 aromatic rings. The molecular weight excluding hydrogens is 412 g/mol. The van der Waals surface area contributed by atoms with Gasteiger partial charge < -0.3 is 10.3 Å². The van der Waals surface area contributed by atoms with Gasteiger partial charge in [0.2, 0.25) is 0 Å². The van der Waals surface area contributed by atoms with Crippen LogP contribution in [0, 0.1) is 10.1 Å².